The van der Waals surface area contributed by atoms with Crippen molar-refractivity contribution < 1.29 is 9.84 Å². The normalized spacial score (nSPS) is 18.8. The molecule has 0 amide bonds. The van der Waals surface area contributed by atoms with Gasteiger partial charge in [0.15, 0.2) is 0 Å². The molecule has 1 aromatic heterocycles. The maximum absolute atomic E-state index is 10.1. The second-order valence-corrected chi connectivity index (χ2v) is 6.01. The molecule has 7 heteroatoms. The van der Waals surface area contributed by atoms with Gasteiger partial charge < -0.3 is 15.2 Å². The van der Waals surface area contributed by atoms with Crippen LogP contribution in [-0.2, 0) is 6.54 Å². The quantitative estimate of drug-likeness (QED) is 0.823. The molecule has 0 spiro atoms. The summed E-state index contributed by atoms with van der Waals surface area (Å²) in [5.41, 5.74) is 1.55. The molecule has 0 radical (unpaired) electrons. The number of rotatable bonds is 6. The van der Waals surface area contributed by atoms with Crippen molar-refractivity contribution in [1.82, 2.24) is 20.3 Å². The second kappa shape index (κ2) is 7.90. The van der Waals surface area contributed by atoms with Crippen LogP contribution in [0.4, 0.5) is 0 Å². The highest BCUT2D eigenvalue weighted by Crippen LogP contribution is 2.20. The van der Waals surface area contributed by atoms with Crippen molar-refractivity contribution in [2.75, 3.05) is 19.7 Å². The second-order valence-electron chi connectivity index (χ2n) is 6.01. The zero-order valence-corrected chi connectivity index (χ0v) is 13.4. The van der Waals surface area contributed by atoms with Gasteiger partial charge in [-0.05, 0) is 43.7 Å². The van der Waals surface area contributed by atoms with Crippen molar-refractivity contribution >= 4 is 0 Å². The predicted octanol–water partition coefficient (Wildman–Crippen LogP) is 1.06. The van der Waals surface area contributed by atoms with Gasteiger partial charge in [0.2, 0.25) is 0 Å². The maximum Gasteiger partial charge on any atom is 0.119 e. The van der Waals surface area contributed by atoms with Crippen LogP contribution in [0.2, 0.25) is 0 Å². The summed E-state index contributed by atoms with van der Waals surface area (Å²) >= 11 is 0. The van der Waals surface area contributed by atoms with Crippen molar-refractivity contribution in [1.29, 1.82) is 5.26 Å². The molecule has 1 aliphatic heterocycles. The van der Waals surface area contributed by atoms with Crippen LogP contribution in [0.15, 0.2) is 30.5 Å². The zero-order chi connectivity index (χ0) is 16.8. The Labute approximate surface area is 140 Å². The predicted molar refractivity (Wildman–Crippen MR) is 87.5 cm³/mol. The number of piperidine rings is 1. The molecule has 7 nitrogen and oxygen atoms in total. The van der Waals surface area contributed by atoms with Crippen LogP contribution >= 0.6 is 0 Å². The molecule has 2 atom stereocenters. The minimum atomic E-state index is -0.681. The number of hydrogen-bond donors (Lipinski definition) is 2. The number of aliphatic hydroxyl groups is 1. The lowest BCUT2D eigenvalue weighted by Gasteiger charge is -2.20. The first-order valence-electron chi connectivity index (χ1n) is 8.16. The third-order valence-electron chi connectivity index (χ3n) is 4.10. The van der Waals surface area contributed by atoms with E-state index in [9.17, 15) is 5.11 Å². The van der Waals surface area contributed by atoms with E-state index in [0.29, 0.717) is 23.8 Å². The van der Waals surface area contributed by atoms with Gasteiger partial charge in [0, 0.05) is 18.7 Å². The van der Waals surface area contributed by atoms with Gasteiger partial charge in [-0.2, -0.15) is 5.26 Å². The van der Waals surface area contributed by atoms with Crippen molar-refractivity contribution in [2.24, 2.45) is 0 Å². The van der Waals surface area contributed by atoms with Gasteiger partial charge in [-0.25, -0.2) is 4.68 Å². The first kappa shape index (κ1) is 16.4. The Morgan fingerprint density at radius 2 is 2.25 bits per heavy atom. The molecule has 126 valence electrons. The van der Waals surface area contributed by atoms with E-state index >= 15 is 0 Å². The summed E-state index contributed by atoms with van der Waals surface area (Å²) in [5, 5.41) is 30.5. The minimum Gasteiger partial charge on any atom is -0.491 e. The average molecular weight is 327 g/mol. The highest BCUT2D eigenvalue weighted by atomic mass is 16.5. The molecule has 1 aromatic carbocycles. The minimum absolute atomic E-state index is 0.159. The molecule has 0 aliphatic carbocycles. The Balaban J connectivity index is 1.48. The van der Waals surface area contributed by atoms with Gasteiger partial charge in [-0.3, -0.25) is 0 Å². The lowest BCUT2D eigenvalue weighted by molar-refractivity contribution is 0.0888. The summed E-state index contributed by atoms with van der Waals surface area (Å²) in [4.78, 5) is 0. The molecule has 3 rings (SSSR count). The number of aliphatic hydroxyl groups excluding tert-OH is 1. The molecule has 2 heterocycles. The van der Waals surface area contributed by atoms with Gasteiger partial charge >= 0.3 is 0 Å². The Morgan fingerprint density at radius 3 is 2.96 bits per heavy atom. The van der Waals surface area contributed by atoms with Crippen LogP contribution in [0.25, 0.3) is 0 Å². The third-order valence-corrected chi connectivity index (χ3v) is 4.10. The molecule has 1 aliphatic rings. The summed E-state index contributed by atoms with van der Waals surface area (Å²) in [5.74, 6) is 1.03. The monoisotopic (exact) mass is 327 g/mol. The topological polar surface area (TPSA) is 96.0 Å². The Kier molecular flexibility index (Phi) is 5.41. The Bertz CT molecular complexity index is 686. The number of nitrogens with one attached hydrogen (secondary N) is 1. The highest BCUT2D eigenvalue weighted by Gasteiger charge is 2.18. The first-order chi connectivity index (χ1) is 11.7. The van der Waals surface area contributed by atoms with Gasteiger partial charge in [-0.15, -0.1) is 5.10 Å². The molecule has 1 saturated heterocycles. The molecule has 2 N–H and O–H groups in total. The standard InChI is InChI=1S/C17H21N5O2/c18-8-13-3-5-16(6-4-13)24-12-15(23)10-22-11-17(20-21-22)14-2-1-7-19-9-14/h3-6,11,14-15,19,23H,1-2,7,9-10,12H2. The summed E-state index contributed by atoms with van der Waals surface area (Å²) in [7, 11) is 0. The van der Waals surface area contributed by atoms with Crippen LogP contribution in [0, 0.1) is 11.3 Å². The number of nitriles is 1. The van der Waals surface area contributed by atoms with Crippen LogP contribution in [0.1, 0.15) is 30.0 Å². The Morgan fingerprint density at radius 1 is 1.42 bits per heavy atom. The number of aromatic nitrogens is 3. The smallest absolute Gasteiger partial charge is 0.119 e. The molecular formula is C17H21N5O2. The molecule has 24 heavy (non-hydrogen) atoms. The molecule has 2 aromatic rings. The van der Waals surface area contributed by atoms with Gasteiger partial charge in [0.25, 0.3) is 0 Å². The summed E-state index contributed by atoms with van der Waals surface area (Å²) in [6.07, 6.45) is 3.50. The number of benzene rings is 1. The number of hydrogen-bond acceptors (Lipinski definition) is 6. The molecule has 2 unspecified atom stereocenters. The van der Waals surface area contributed by atoms with E-state index < -0.39 is 6.10 Å². The van der Waals surface area contributed by atoms with E-state index in [4.69, 9.17) is 10.00 Å². The van der Waals surface area contributed by atoms with E-state index in [-0.39, 0.29) is 6.61 Å². The Hall–Kier alpha value is -2.43. The van der Waals surface area contributed by atoms with Crippen molar-refractivity contribution in [2.45, 2.75) is 31.4 Å². The molecular weight excluding hydrogens is 306 g/mol. The van der Waals surface area contributed by atoms with Crippen LogP contribution in [0.3, 0.4) is 0 Å². The van der Waals surface area contributed by atoms with E-state index in [1.54, 1.807) is 28.9 Å². The number of ether oxygens (including phenoxy) is 1. The fourth-order valence-corrected chi connectivity index (χ4v) is 2.78. The average Bonchev–Trinajstić information content (AvgIpc) is 3.09. The van der Waals surface area contributed by atoms with E-state index in [1.165, 1.54) is 0 Å². The van der Waals surface area contributed by atoms with Gasteiger partial charge in [0.05, 0.1) is 23.9 Å². The summed E-state index contributed by atoms with van der Waals surface area (Å²) < 4.78 is 7.20. The fraction of sp³-hybridized carbons (Fsp3) is 0.471. The van der Waals surface area contributed by atoms with Gasteiger partial charge in [-0.1, -0.05) is 5.21 Å². The summed E-state index contributed by atoms with van der Waals surface area (Å²) in [6.45, 7) is 2.49. The maximum atomic E-state index is 10.1. The van der Waals surface area contributed by atoms with Crippen molar-refractivity contribution in [3.8, 4) is 11.8 Å². The molecule has 1 fully saturated rings. The van der Waals surface area contributed by atoms with E-state index in [1.807, 2.05) is 6.20 Å². The van der Waals surface area contributed by atoms with Crippen LogP contribution in [-0.4, -0.2) is 45.9 Å². The van der Waals surface area contributed by atoms with Crippen LogP contribution < -0.4 is 10.1 Å². The van der Waals surface area contributed by atoms with Crippen molar-refractivity contribution in [3.63, 3.8) is 0 Å². The summed E-state index contributed by atoms with van der Waals surface area (Å²) in [6, 6.07) is 8.86. The lowest BCUT2D eigenvalue weighted by atomic mass is 9.97. The zero-order valence-electron chi connectivity index (χ0n) is 13.4. The molecule has 0 saturated carbocycles. The highest BCUT2D eigenvalue weighted by molar-refractivity contribution is 5.34. The third kappa shape index (κ3) is 4.31. The van der Waals surface area contributed by atoms with Crippen molar-refractivity contribution in [3.05, 3.63) is 41.7 Å². The molecule has 0 bridgehead atoms. The van der Waals surface area contributed by atoms with Gasteiger partial charge in [0.1, 0.15) is 18.5 Å². The van der Waals surface area contributed by atoms with E-state index in [2.05, 4.69) is 21.7 Å². The fourth-order valence-electron chi connectivity index (χ4n) is 2.78. The SMILES string of the molecule is N#Cc1ccc(OCC(O)Cn2cc(C3CCCNC3)nn2)cc1. The van der Waals surface area contributed by atoms with Crippen LogP contribution in [0.5, 0.6) is 5.75 Å². The number of nitrogens with zero attached hydrogens (tertiary/aromatic N) is 4. The lowest BCUT2D eigenvalue weighted by Crippen LogP contribution is -2.28. The van der Waals surface area contributed by atoms with E-state index in [0.717, 1.165) is 31.6 Å². The largest absolute Gasteiger partial charge is 0.491 e. The first-order valence-corrected chi connectivity index (χ1v) is 8.16.